The van der Waals surface area contributed by atoms with Crippen LogP contribution in [0.5, 0.6) is 0 Å². The number of aromatic amines is 1. The highest BCUT2D eigenvalue weighted by atomic mass is 32.2. The van der Waals surface area contributed by atoms with Gasteiger partial charge >= 0.3 is 7.12 Å². The quantitative estimate of drug-likeness (QED) is 0.863. The number of hydrogen-bond donors (Lipinski definition) is 1. The summed E-state index contributed by atoms with van der Waals surface area (Å²) in [6.45, 7) is 11.6. The lowest BCUT2D eigenvalue weighted by Gasteiger charge is -2.32. The minimum atomic E-state index is -0.453. The van der Waals surface area contributed by atoms with Crippen LogP contribution in [0.3, 0.4) is 0 Å². The zero-order chi connectivity index (χ0) is 16.5. The molecule has 0 bridgehead atoms. The predicted molar refractivity (Wildman–Crippen MR) is 90.5 cm³/mol. The molecule has 0 aromatic carbocycles. The van der Waals surface area contributed by atoms with Gasteiger partial charge in [-0.25, -0.2) is 0 Å². The zero-order valence-electron chi connectivity index (χ0n) is 14.0. The van der Waals surface area contributed by atoms with Gasteiger partial charge in [-0.2, -0.15) is 5.10 Å². The van der Waals surface area contributed by atoms with Crippen molar-refractivity contribution in [3.63, 3.8) is 0 Å². The van der Waals surface area contributed by atoms with Gasteiger partial charge in [-0.15, -0.1) is 0 Å². The standard InChI is InChI=1S/C15H23BN2O3S/c1-10-12(8-17-18-10)7-13(9-22-11(2)19)16-20-14(3,4)15(5,6)21-16/h7-8H,9H2,1-6H3,(H,17,18). The molecule has 1 aliphatic heterocycles. The highest BCUT2D eigenvalue weighted by Crippen LogP contribution is 2.39. The van der Waals surface area contributed by atoms with Gasteiger partial charge in [0.15, 0.2) is 5.12 Å². The molecule has 0 radical (unpaired) electrons. The molecule has 1 fully saturated rings. The van der Waals surface area contributed by atoms with E-state index in [1.807, 2.05) is 40.7 Å². The molecule has 120 valence electrons. The average Bonchev–Trinajstić information content (AvgIpc) is 2.86. The second-order valence-electron chi connectivity index (χ2n) is 6.54. The van der Waals surface area contributed by atoms with Crippen molar-refractivity contribution in [2.75, 3.05) is 5.75 Å². The van der Waals surface area contributed by atoms with Gasteiger partial charge in [0.05, 0.1) is 17.4 Å². The number of rotatable bonds is 4. The van der Waals surface area contributed by atoms with E-state index in [2.05, 4.69) is 10.2 Å². The molecule has 0 spiro atoms. The Balaban J connectivity index is 2.28. The van der Waals surface area contributed by atoms with Crippen molar-refractivity contribution >= 4 is 30.1 Å². The number of nitrogens with one attached hydrogen (secondary N) is 1. The summed E-state index contributed by atoms with van der Waals surface area (Å²) in [5, 5.41) is 7.02. The van der Waals surface area contributed by atoms with Crippen molar-refractivity contribution in [3.8, 4) is 0 Å². The van der Waals surface area contributed by atoms with Crippen molar-refractivity contribution in [3.05, 3.63) is 22.9 Å². The first-order valence-corrected chi connectivity index (χ1v) is 8.30. The maximum absolute atomic E-state index is 11.3. The Bertz CT molecular complexity index is 579. The fraction of sp³-hybridized carbons (Fsp3) is 0.600. The number of carbonyl (C=O) groups is 1. The normalized spacial score (nSPS) is 20.5. The van der Waals surface area contributed by atoms with E-state index in [9.17, 15) is 4.79 Å². The molecule has 7 heteroatoms. The summed E-state index contributed by atoms with van der Waals surface area (Å²) in [6, 6.07) is 0. The zero-order valence-corrected chi connectivity index (χ0v) is 14.8. The Labute approximate surface area is 136 Å². The Hall–Kier alpha value is -1.05. The van der Waals surface area contributed by atoms with Gasteiger partial charge in [0.1, 0.15) is 0 Å². The Kier molecular flexibility index (Phi) is 4.89. The molecule has 0 amide bonds. The third kappa shape index (κ3) is 3.64. The summed E-state index contributed by atoms with van der Waals surface area (Å²) < 4.78 is 12.2. The van der Waals surface area contributed by atoms with Crippen LogP contribution in [0.4, 0.5) is 0 Å². The van der Waals surface area contributed by atoms with E-state index < -0.39 is 18.3 Å². The molecule has 2 rings (SSSR count). The lowest BCUT2D eigenvalue weighted by molar-refractivity contribution is -0.109. The van der Waals surface area contributed by atoms with Crippen molar-refractivity contribution in [1.29, 1.82) is 0 Å². The number of hydrogen-bond acceptors (Lipinski definition) is 5. The largest absolute Gasteiger partial charge is 0.491 e. The third-order valence-corrected chi connectivity index (χ3v) is 5.09. The highest BCUT2D eigenvalue weighted by Gasteiger charge is 2.52. The molecule has 0 unspecified atom stereocenters. The molecular formula is C15H23BN2O3S. The van der Waals surface area contributed by atoms with Crippen LogP contribution in [0.1, 0.15) is 45.9 Å². The SMILES string of the molecule is CC(=O)SCC(=Cc1cn[nH]c1C)B1OC(C)(C)C(C)(C)O1. The third-order valence-electron chi connectivity index (χ3n) is 4.21. The minimum absolute atomic E-state index is 0.0753. The molecule has 22 heavy (non-hydrogen) atoms. The Morgan fingerprint density at radius 3 is 2.41 bits per heavy atom. The first kappa shape index (κ1) is 17.3. The van der Waals surface area contributed by atoms with Gasteiger partial charge in [0, 0.05) is 23.9 Å². The lowest BCUT2D eigenvalue weighted by Crippen LogP contribution is -2.41. The van der Waals surface area contributed by atoms with Crippen LogP contribution in [0.2, 0.25) is 0 Å². The summed E-state index contributed by atoms with van der Waals surface area (Å²) in [4.78, 5) is 11.3. The van der Waals surface area contributed by atoms with Gasteiger partial charge in [-0.3, -0.25) is 9.89 Å². The van der Waals surface area contributed by atoms with E-state index in [-0.39, 0.29) is 5.12 Å². The average molecular weight is 322 g/mol. The van der Waals surface area contributed by atoms with E-state index >= 15 is 0 Å². The number of aryl methyl sites for hydroxylation is 1. The van der Waals surface area contributed by atoms with Crippen LogP contribution in [0.15, 0.2) is 11.7 Å². The van der Waals surface area contributed by atoms with E-state index in [0.717, 1.165) is 16.7 Å². The molecule has 0 saturated carbocycles. The molecule has 0 atom stereocenters. The number of nitrogens with zero attached hydrogens (tertiary/aromatic N) is 1. The Morgan fingerprint density at radius 1 is 1.36 bits per heavy atom. The topological polar surface area (TPSA) is 64.2 Å². The van der Waals surface area contributed by atoms with Crippen LogP contribution in [0, 0.1) is 6.92 Å². The number of thioether (sulfide) groups is 1. The molecule has 1 aromatic heterocycles. The van der Waals surface area contributed by atoms with E-state index in [1.165, 1.54) is 11.8 Å². The van der Waals surface area contributed by atoms with Crippen LogP contribution < -0.4 is 0 Å². The second-order valence-corrected chi connectivity index (χ2v) is 7.69. The summed E-state index contributed by atoms with van der Waals surface area (Å²) >= 11 is 1.26. The van der Waals surface area contributed by atoms with Gasteiger partial charge in [-0.05, 0) is 40.1 Å². The Morgan fingerprint density at radius 2 is 1.95 bits per heavy atom. The van der Waals surface area contributed by atoms with Crippen LogP contribution >= 0.6 is 11.8 Å². The molecule has 0 aliphatic carbocycles. The van der Waals surface area contributed by atoms with E-state index in [4.69, 9.17) is 9.31 Å². The predicted octanol–water partition coefficient (Wildman–Crippen LogP) is 3.01. The molecule has 1 N–H and O–H groups in total. The number of H-pyrrole nitrogens is 1. The summed E-state index contributed by atoms with van der Waals surface area (Å²) in [5.74, 6) is 0.538. The fourth-order valence-electron chi connectivity index (χ4n) is 2.06. The minimum Gasteiger partial charge on any atom is -0.400 e. The van der Waals surface area contributed by atoms with Crippen LogP contribution in [-0.2, 0) is 14.1 Å². The van der Waals surface area contributed by atoms with Crippen molar-refractivity contribution < 1.29 is 14.1 Å². The summed E-state index contributed by atoms with van der Waals surface area (Å²) in [5.41, 5.74) is 2.09. The molecule has 1 saturated heterocycles. The van der Waals surface area contributed by atoms with Gasteiger partial charge in [0.2, 0.25) is 0 Å². The van der Waals surface area contributed by atoms with Gasteiger partial charge in [-0.1, -0.05) is 17.8 Å². The molecule has 2 heterocycles. The molecule has 1 aliphatic rings. The van der Waals surface area contributed by atoms with Crippen LogP contribution in [-0.4, -0.2) is 39.4 Å². The van der Waals surface area contributed by atoms with Crippen molar-refractivity contribution in [2.45, 2.75) is 52.7 Å². The van der Waals surface area contributed by atoms with E-state index in [0.29, 0.717) is 5.75 Å². The maximum atomic E-state index is 11.3. The molecule has 5 nitrogen and oxygen atoms in total. The van der Waals surface area contributed by atoms with Crippen molar-refractivity contribution in [2.24, 2.45) is 0 Å². The highest BCUT2D eigenvalue weighted by molar-refractivity contribution is 8.13. The van der Waals surface area contributed by atoms with Gasteiger partial charge < -0.3 is 9.31 Å². The monoisotopic (exact) mass is 322 g/mol. The maximum Gasteiger partial charge on any atom is 0.491 e. The first-order valence-electron chi connectivity index (χ1n) is 7.32. The number of aromatic nitrogens is 2. The molecular weight excluding hydrogens is 299 g/mol. The smallest absolute Gasteiger partial charge is 0.400 e. The van der Waals surface area contributed by atoms with Crippen molar-refractivity contribution in [1.82, 2.24) is 10.2 Å². The lowest BCUT2D eigenvalue weighted by atomic mass is 9.78. The van der Waals surface area contributed by atoms with Gasteiger partial charge in [0.25, 0.3) is 0 Å². The molecule has 1 aromatic rings. The first-order chi connectivity index (χ1) is 10.1. The number of carbonyl (C=O) groups excluding carboxylic acids is 1. The van der Waals surface area contributed by atoms with Crippen LogP contribution in [0.25, 0.3) is 6.08 Å². The summed E-state index contributed by atoms with van der Waals surface area (Å²) in [6.07, 6.45) is 3.76. The summed E-state index contributed by atoms with van der Waals surface area (Å²) in [7, 11) is -0.453. The second kappa shape index (κ2) is 6.22. The van der Waals surface area contributed by atoms with E-state index in [1.54, 1.807) is 13.1 Å². The fourth-order valence-corrected chi connectivity index (χ4v) is 2.65.